The smallest absolute Gasteiger partial charge is 0.141 e. The van der Waals surface area contributed by atoms with Crippen LogP contribution in [-0.2, 0) is 6.61 Å². The first kappa shape index (κ1) is 13.4. The molecule has 0 spiro atoms. The average Bonchev–Trinajstić information content (AvgIpc) is 2.36. The molecule has 18 heavy (non-hydrogen) atoms. The molecular formula is C14H12BrClO2. The van der Waals surface area contributed by atoms with E-state index in [1.807, 2.05) is 37.3 Å². The molecule has 4 heteroatoms. The van der Waals surface area contributed by atoms with Gasteiger partial charge in [0.15, 0.2) is 0 Å². The number of benzene rings is 2. The lowest BCUT2D eigenvalue weighted by Gasteiger charge is -2.11. The van der Waals surface area contributed by atoms with Crippen molar-refractivity contribution in [3.05, 3.63) is 57.0 Å². The van der Waals surface area contributed by atoms with Crippen molar-refractivity contribution in [3.8, 4) is 11.5 Å². The van der Waals surface area contributed by atoms with Crippen LogP contribution in [0.2, 0.25) is 5.02 Å². The maximum atomic E-state index is 9.04. The van der Waals surface area contributed by atoms with E-state index in [1.54, 1.807) is 6.07 Å². The standard InChI is InChI=1S/C14H12BrClO2/c1-9-2-4-11(16)7-14(9)18-13-5-3-10(8-17)6-12(13)15/h2-7,17H,8H2,1H3. The predicted molar refractivity (Wildman–Crippen MR) is 76.3 cm³/mol. The highest BCUT2D eigenvalue weighted by atomic mass is 79.9. The lowest BCUT2D eigenvalue weighted by Crippen LogP contribution is -1.90. The van der Waals surface area contributed by atoms with Crippen LogP contribution in [-0.4, -0.2) is 5.11 Å². The Balaban J connectivity index is 2.31. The van der Waals surface area contributed by atoms with E-state index in [4.69, 9.17) is 21.4 Å². The van der Waals surface area contributed by atoms with Gasteiger partial charge in [-0.15, -0.1) is 0 Å². The third kappa shape index (κ3) is 3.05. The van der Waals surface area contributed by atoms with Crippen molar-refractivity contribution in [3.63, 3.8) is 0 Å². The fourth-order valence-electron chi connectivity index (χ4n) is 1.53. The minimum absolute atomic E-state index is 0.00900. The number of aryl methyl sites for hydroxylation is 1. The van der Waals surface area contributed by atoms with Crippen LogP contribution in [0.15, 0.2) is 40.9 Å². The van der Waals surface area contributed by atoms with Crippen LogP contribution in [0.5, 0.6) is 11.5 Å². The molecule has 2 aromatic carbocycles. The summed E-state index contributed by atoms with van der Waals surface area (Å²) in [6.07, 6.45) is 0. The molecule has 0 bridgehead atoms. The van der Waals surface area contributed by atoms with Gasteiger partial charge in [-0.05, 0) is 58.2 Å². The number of aliphatic hydroxyl groups excluding tert-OH is 1. The fraction of sp³-hybridized carbons (Fsp3) is 0.143. The highest BCUT2D eigenvalue weighted by Gasteiger charge is 2.06. The molecule has 2 nitrogen and oxygen atoms in total. The molecule has 0 atom stereocenters. The molecule has 0 saturated heterocycles. The molecular weight excluding hydrogens is 316 g/mol. The van der Waals surface area contributed by atoms with E-state index >= 15 is 0 Å². The van der Waals surface area contributed by atoms with Gasteiger partial charge < -0.3 is 9.84 Å². The summed E-state index contributed by atoms with van der Waals surface area (Å²) in [4.78, 5) is 0. The normalized spacial score (nSPS) is 10.4. The Kier molecular flexibility index (Phi) is 4.27. The van der Waals surface area contributed by atoms with Crippen LogP contribution in [0.25, 0.3) is 0 Å². The molecule has 2 rings (SSSR count). The lowest BCUT2D eigenvalue weighted by molar-refractivity contribution is 0.281. The molecule has 0 unspecified atom stereocenters. The monoisotopic (exact) mass is 326 g/mol. The summed E-state index contributed by atoms with van der Waals surface area (Å²) in [5, 5.41) is 9.68. The van der Waals surface area contributed by atoms with Gasteiger partial charge in [0, 0.05) is 5.02 Å². The van der Waals surface area contributed by atoms with E-state index in [0.29, 0.717) is 10.8 Å². The van der Waals surface area contributed by atoms with Crippen LogP contribution in [0.3, 0.4) is 0 Å². The van der Waals surface area contributed by atoms with Crippen LogP contribution in [0.1, 0.15) is 11.1 Å². The van der Waals surface area contributed by atoms with Crippen molar-refractivity contribution in [2.75, 3.05) is 0 Å². The summed E-state index contributed by atoms with van der Waals surface area (Å²) in [7, 11) is 0. The Morgan fingerprint density at radius 2 is 1.94 bits per heavy atom. The lowest BCUT2D eigenvalue weighted by atomic mass is 10.2. The summed E-state index contributed by atoms with van der Waals surface area (Å²) in [5.74, 6) is 1.41. The quantitative estimate of drug-likeness (QED) is 0.885. The number of ether oxygens (including phenoxy) is 1. The minimum Gasteiger partial charge on any atom is -0.456 e. The van der Waals surface area contributed by atoms with E-state index in [2.05, 4.69) is 15.9 Å². The second-order valence-electron chi connectivity index (χ2n) is 3.93. The van der Waals surface area contributed by atoms with E-state index in [9.17, 15) is 0 Å². The summed E-state index contributed by atoms with van der Waals surface area (Å²) < 4.78 is 6.61. The zero-order chi connectivity index (χ0) is 13.1. The molecule has 0 aliphatic rings. The van der Waals surface area contributed by atoms with Crippen molar-refractivity contribution in [2.24, 2.45) is 0 Å². The largest absolute Gasteiger partial charge is 0.456 e. The van der Waals surface area contributed by atoms with E-state index in [1.165, 1.54) is 0 Å². The van der Waals surface area contributed by atoms with Gasteiger partial charge in [0.05, 0.1) is 11.1 Å². The van der Waals surface area contributed by atoms with Crippen molar-refractivity contribution in [1.82, 2.24) is 0 Å². The summed E-state index contributed by atoms with van der Waals surface area (Å²) >= 11 is 9.37. The molecule has 1 N–H and O–H groups in total. The topological polar surface area (TPSA) is 29.5 Å². The Labute approximate surface area is 119 Å². The van der Waals surface area contributed by atoms with Gasteiger partial charge in [0.25, 0.3) is 0 Å². The van der Waals surface area contributed by atoms with Gasteiger partial charge in [-0.2, -0.15) is 0 Å². The van der Waals surface area contributed by atoms with Crippen LogP contribution in [0.4, 0.5) is 0 Å². The van der Waals surface area contributed by atoms with Gasteiger partial charge in [0.1, 0.15) is 11.5 Å². The molecule has 0 radical (unpaired) electrons. The molecule has 94 valence electrons. The fourth-order valence-corrected chi connectivity index (χ4v) is 2.20. The summed E-state index contributed by atoms with van der Waals surface area (Å²) in [6, 6.07) is 11.0. The first-order chi connectivity index (χ1) is 8.60. The number of rotatable bonds is 3. The molecule has 0 saturated carbocycles. The number of halogens is 2. The Bertz CT molecular complexity index is 570. The second kappa shape index (κ2) is 5.74. The van der Waals surface area contributed by atoms with Crippen molar-refractivity contribution < 1.29 is 9.84 Å². The molecule has 0 aliphatic heterocycles. The van der Waals surface area contributed by atoms with Crippen molar-refractivity contribution in [2.45, 2.75) is 13.5 Å². The first-order valence-electron chi connectivity index (χ1n) is 5.43. The molecule has 0 aromatic heterocycles. The maximum Gasteiger partial charge on any atom is 0.141 e. The zero-order valence-corrected chi connectivity index (χ0v) is 12.1. The minimum atomic E-state index is 0.00900. The van der Waals surface area contributed by atoms with E-state index in [-0.39, 0.29) is 6.61 Å². The average molecular weight is 328 g/mol. The summed E-state index contributed by atoms with van der Waals surface area (Å²) in [5.41, 5.74) is 1.84. The predicted octanol–water partition coefficient (Wildman–Crippen LogP) is 4.70. The van der Waals surface area contributed by atoms with Crippen molar-refractivity contribution >= 4 is 27.5 Å². The van der Waals surface area contributed by atoms with E-state index < -0.39 is 0 Å². The highest BCUT2D eigenvalue weighted by Crippen LogP contribution is 2.33. The summed E-state index contributed by atoms with van der Waals surface area (Å²) in [6.45, 7) is 1.97. The van der Waals surface area contributed by atoms with Gasteiger partial charge in [-0.1, -0.05) is 23.7 Å². The Morgan fingerprint density at radius 3 is 2.61 bits per heavy atom. The number of aliphatic hydroxyl groups is 1. The number of hydrogen-bond acceptors (Lipinski definition) is 2. The molecule has 0 heterocycles. The first-order valence-corrected chi connectivity index (χ1v) is 6.60. The van der Waals surface area contributed by atoms with Gasteiger partial charge in [-0.25, -0.2) is 0 Å². The van der Waals surface area contributed by atoms with Gasteiger partial charge in [0.2, 0.25) is 0 Å². The Hall–Kier alpha value is -1.03. The van der Waals surface area contributed by atoms with Crippen LogP contribution in [0, 0.1) is 6.92 Å². The van der Waals surface area contributed by atoms with E-state index in [0.717, 1.165) is 21.3 Å². The molecule has 2 aromatic rings. The Morgan fingerprint density at radius 1 is 1.17 bits per heavy atom. The van der Waals surface area contributed by atoms with Crippen LogP contribution < -0.4 is 4.74 Å². The van der Waals surface area contributed by atoms with Gasteiger partial charge in [-0.3, -0.25) is 0 Å². The third-order valence-electron chi connectivity index (χ3n) is 2.55. The molecule has 0 amide bonds. The van der Waals surface area contributed by atoms with Crippen LogP contribution >= 0.6 is 27.5 Å². The molecule has 0 fully saturated rings. The number of hydrogen-bond donors (Lipinski definition) is 1. The second-order valence-corrected chi connectivity index (χ2v) is 5.23. The highest BCUT2D eigenvalue weighted by molar-refractivity contribution is 9.10. The van der Waals surface area contributed by atoms with Gasteiger partial charge >= 0.3 is 0 Å². The maximum absolute atomic E-state index is 9.04. The molecule has 0 aliphatic carbocycles. The van der Waals surface area contributed by atoms with Crippen molar-refractivity contribution in [1.29, 1.82) is 0 Å². The SMILES string of the molecule is Cc1ccc(Cl)cc1Oc1ccc(CO)cc1Br. The third-order valence-corrected chi connectivity index (χ3v) is 3.40. The zero-order valence-electron chi connectivity index (χ0n) is 9.78.